The lowest BCUT2D eigenvalue weighted by Gasteiger charge is -2.33. The van der Waals surface area contributed by atoms with Gasteiger partial charge in [-0.15, -0.1) is 0 Å². The molecule has 0 saturated heterocycles. The molecule has 0 amide bonds. The highest BCUT2D eigenvalue weighted by Crippen LogP contribution is 2.40. The molecule has 0 radical (unpaired) electrons. The zero-order valence-corrected chi connectivity index (χ0v) is 21.4. The molecule has 3 rings (SSSR count). The quantitative estimate of drug-likeness (QED) is 0.172. The fourth-order valence-electron chi connectivity index (χ4n) is 4.14. The number of hydrogen-bond donors (Lipinski definition) is 1. The second-order valence-corrected chi connectivity index (χ2v) is 9.97. The predicted molar refractivity (Wildman–Crippen MR) is 133 cm³/mol. The van der Waals surface area contributed by atoms with Crippen LogP contribution in [0.3, 0.4) is 0 Å². The Morgan fingerprint density at radius 2 is 1.97 bits per heavy atom. The molecule has 1 fully saturated rings. The standard InChI is InChI=1S/C26H32ClN3O5/c1-5-34-24(33)19(21(31)18-10-9-13-28-22(18)27)16-30-26(11-7-6-8-12-26)20-14-17(15-29-20)23(32)35-25(2,3)4/h9-10,13-16,19,29H,5-8,11-12H2,1-4H3. The molecule has 188 valence electrons. The van der Waals surface area contributed by atoms with Crippen molar-refractivity contribution in [3.63, 3.8) is 0 Å². The fourth-order valence-corrected chi connectivity index (χ4v) is 4.36. The van der Waals surface area contributed by atoms with Crippen molar-refractivity contribution in [2.24, 2.45) is 10.9 Å². The Kier molecular flexibility index (Phi) is 8.48. The topological polar surface area (TPSA) is 111 Å². The number of ketones is 1. The van der Waals surface area contributed by atoms with Crippen molar-refractivity contribution in [2.75, 3.05) is 6.61 Å². The molecule has 0 aromatic carbocycles. The third-order valence-electron chi connectivity index (χ3n) is 5.82. The van der Waals surface area contributed by atoms with Gasteiger partial charge in [0.25, 0.3) is 0 Å². The molecule has 0 bridgehead atoms. The molecular weight excluding hydrogens is 470 g/mol. The SMILES string of the molecule is CCOC(=O)C(C=NC1(c2cc(C(=O)OC(C)(C)C)c[nH]2)CCCCC1)C(=O)c1cccnc1Cl. The van der Waals surface area contributed by atoms with Crippen LogP contribution in [-0.4, -0.2) is 46.1 Å². The molecule has 2 heterocycles. The molecule has 1 saturated carbocycles. The third kappa shape index (κ3) is 6.57. The average Bonchev–Trinajstić information content (AvgIpc) is 3.30. The maximum atomic E-state index is 13.2. The van der Waals surface area contributed by atoms with Crippen LogP contribution in [0.15, 0.2) is 35.6 Å². The number of halogens is 1. The summed E-state index contributed by atoms with van der Waals surface area (Å²) >= 11 is 6.12. The Balaban J connectivity index is 1.96. The van der Waals surface area contributed by atoms with E-state index in [2.05, 4.69) is 9.97 Å². The molecule has 35 heavy (non-hydrogen) atoms. The number of aromatic amines is 1. The molecule has 2 aromatic rings. The minimum absolute atomic E-state index is 0.0129. The summed E-state index contributed by atoms with van der Waals surface area (Å²) in [5.41, 5.74) is -0.0550. The van der Waals surface area contributed by atoms with Crippen LogP contribution >= 0.6 is 11.6 Å². The van der Waals surface area contributed by atoms with E-state index >= 15 is 0 Å². The first-order valence-electron chi connectivity index (χ1n) is 11.9. The monoisotopic (exact) mass is 501 g/mol. The van der Waals surface area contributed by atoms with E-state index in [4.69, 9.17) is 26.1 Å². The van der Waals surface area contributed by atoms with Crippen LogP contribution in [0.5, 0.6) is 0 Å². The number of nitrogens with zero attached hydrogens (tertiary/aromatic N) is 2. The van der Waals surface area contributed by atoms with E-state index in [1.54, 1.807) is 25.3 Å². The number of hydrogen-bond acceptors (Lipinski definition) is 7. The molecule has 1 aliphatic carbocycles. The van der Waals surface area contributed by atoms with Crippen molar-refractivity contribution in [1.29, 1.82) is 0 Å². The van der Waals surface area contributed by atoms with Gasteiger partial charge in [0.05, 0.1) is 23.3 Å². The molecule has 8 nitrogen and oxygen atoms in total. The molecule has 1 atom stereocenters. The Morgan fingerprint density at radius 1 is 1.26 bits per heavy atom. The minimum Gasteiger partial charge on any atom is -0.465 e. The Morgan fingerprint density at radius 3 is 2.60 bits per heavy atom. The number of aromatic nitrogens is 2. The van der Waals surface area contributed by atoms with Gasteiger partial charge < -0.3 is 14.5 Å². The number of carbonyl (C=O) groups excluding carboxylic acids is 3. The number of rotatable bonds is 8. The number of aliphatic imine (C=N–C) groups is 1. The maximum Gasteiger partial charge on any atom is 0.340 e. The van der Waals surface area contributed by atoms with Crippen molar-refractivity contribution in [2.45, 2.75) is 70.9 Å². The van der Waals surface area contributed by atoms with Crippen LogP contribution in [0.2, 0.25) is 5.15 Å². The van der Waals surface area contributed by atoms with Crippen LogP contribution < -0.4 is 0 Å². The minimum atomic E-state index is -1.27. The maximum absolute atomic E-state index is 13.2. The van der Waals surface area contributed by atoms with E-state index in [0.29, 0.717) is 18.4 Å². The Labute approximate surface area is 210 Å². The van der Waals surface area contributed by atoms with Crippen LogP contribution in [0.1, 0.15) is 86.2 Å². The normalized spacial score (nSPS) is 16.6. The first kappa shape index (κ1) is 26.6. The van der Waals surface area contributed by atoms with Crippen molar-refractivity contribution in [1.82, 2.24) is 9.97 Å². The van der Waals surface area contributed by atoms with Crippen molar-refractivity contribution >= 4 is 35.5 Å². The number of pyridine rings is 1. The number of Topliss-reactive ketones (excluding diaryl/α,β-unsaturated/α-hetero) is 1. The summed E-state index contributed by atoms with van der Waals surface area (Å²) in [6, 6.07) is 4.85. The van der Waals surface area contributed by atoms with Gasteiger partial charge in [-0.25, -0.2) is 9.78 Å². The van der Waals surface area contributed by atoms with E-state index in [1.165, 1.54) is 18.5 Å². The Hall–Kier alpha value is -3.00. The van der Waals surface area contributed by atoms with Gasteiger partial charge in [-0.3, -0.25) is 14.6 Å². The molecule has 0 spiro atoms. The van der Waals surface area contributed by atoms with Crippen molar-refractivity contribution < 1.29 is 23.9 Å². The smallest absolute Gasteiger partial charge is 0.340 e. The van der Waals surface area contributed by atoms with E-state index < -0.39 is 34.8 Å². The third-order valence-corrected chi connectivity index (χ3v) is 6.12. The lowest BCUT2D eigenvalue weighted by Crippen LogP contribution is -2.32. The van der Waals surface area contributed by atoms with Gasteiger partial charge in [-0.2, -0.15) is 0 Å². The van der Waals surface area contributed by atoms with Crippen molar-refractivity contribution in [3.05, 3.63) is 52.6 Å². The molecule has 1 N–H and O–H groups in total. The van der Waals surface area contributed by atoms with E-state index in [0.717, 1.165) is 25.0 Å². The molecule has 2 aromatic heterocycles. The summed E-state index contributed by atoms with van der Waals surface area (Å²) in [6.45, 7) is 7.23. The van der Waals surface area contributed by atoms with Crippen LogP contribution in [0.4, 0.5) is 0 Å². The van der Waals surface area contributed by atoms with Gasteiger partial charge in [0, 0.05) is 24.3 Å². The number of H-pyrrole nitrogens is 1. The second kappa shape index (κ2) is 11.2. The first-order valence-corrected chi connectivity index (χ1v) is 12.2. The summed E-state index contributed by atoms with van der Waals surface area (Å²) in [4.78, 5) is 50.5. The van der Waals surface area contributed by atoms with Gasteiger partial charge in [0.1, 0.15) is 10.8 Å². The number of esters is 2. The second-order valence-electron chi connectivity index (χ2n) is 9.61. The summed E-state index contributed by atoms with van der Waals surface area (Å²) < 4.78 is 10.6. The highest BCUT2D eigenvalue weighted by atomic mass is 35.5. The molecule has 0 aliphatic heterocycles. The first-order chi connectivity index (χ1) is 16.6. The lowest BCUT2D eigenvalue weighted by molar-refractivity contribution is -0.144. The highest BCUT2D eigenvalue weighted by molar-refractivity contribution is 6.34. The van der Waals surface area contributed by atoms with Gasteiger partial charge in [-0.05, 0) is 58.7 Å². The van der Waals surface area contributed by atoms with Gasteiger partial charge >= 0.3 is 11.9 Å². The van der Waals surface area contributed by atoms with Crippen LogP contribution in [0.25, 0.3) is 0 Å². The molecule has 9 heteroatoms. The van der Waals surface area contributed by atoms with Gasteiger partial charge in [-0.1, -0.05) is 30.9 Å². The largest absolute Gasteiger partial charge is 0.465 e. The number of carbonyl (C=O) groups is 3. The Bertz CT molecular complexity index is 1100. The van der Waals surface area contributed by atoms with E-state index in [1.807, 2.05) is 20.8 Å². The zero-order chi connectivity index (χ0) is 25.6. The lowest BCUT2D eigenvalue weighted by atomic mass is 9.79. The van der Waals surface area contributed by atoms with Gasteiger partial charge in [0.2, 0.25) is 0 Å². The van der Waals surface area contributed by atoms with E-state index in [9.17, 15) is 14.4 Å². The van der Waals surface area contributed by atoms with E-state index in [-0.39, 0.29) is 17.3 Å². The number of nitrogens with one attached hydrogen (secondary N) is 1. The van der Waals surface area contributed by atoms with Crippen molar-refractivity contribution in [3.8, 4) is 0 Å². The summed E-state index contributed by atoms with van der Waals surface area (Å²) in [6.07, 6.45) is 8.75. The van der Waals surface area contributed by atoms with Gasteiger partial charge in [0.15, 0.2) is 11.7 Å². The van der Waals surface area contributed by atoms with Crippen LogP contribution in [0, 0.1) is 5.92 Å². The van der Waals surface area contributed by atoms with Crippen LogP contribution in [-0.2, 0) is 19.8 Å². The fraction of sp³-hybridized carbons (Fsp3) is 0.500. The zero-order valence-electron chi connectivity index (χ0n) is 20.6. The molecule has 1 unspecified atom stereocenters. The summed E-state index contributed by atoms with van der Waals surface area (Å²) in [5, 5.41) is 0.0129. The number of ether oxygens (including phenoxy) is 2. The molecular formula is C26H32ClN3O5. The highest BCUT2D eigenvalue weighted by Gasteiger charge is 2.37. The summed E-state index contributed by atoms with van der Waals surface area (Å²) in [7, 11) is 0. The summed E-state index contributed by atoms with van der Waals surface area (Å²) in [5.74, 6) is -2.93. The predicted octanol–water partition coefficient (Wildman–Crippen LogP) is 5.31. The average molecular weight is 502 g/mol. The molecule has 1 aliphatic rings.